The Morgan fingerprint density at radius 1 is 1.20 bits per heavy atom. The van der Waals surface area contributed by atoms with E-state index in [1.54, 1.807) is 4.90 Å². The summed E-state index contributed by atoms with van der Waals surface area (Å²) in [5.41, 5.74) is -0.430. The van der Waals surface area contributed by atoms with Gasteiger partial charge in [0.25, 0.3) is 0 Å². The van der Waals surface area contributed by atoms with E-state index in [2.05, 4.69) is 27.4 Å². The highest BCUT2D eigenvalue weighted by Crippen LogP contribution is 2.18. The lowest BCUT2D eigenvalue weighted by molar-refractivity contribution is 0.0148. The monoisotopic (exact) mass is 467 g/mol. The number of guanidine groups is 1. The second-order valence-corrected chi connectivity index (χ2v) is 7.49. The van der Waals surface area contributed by atoms with Crippen LogP contribution >= 0.6 is 24.0 Å². The number of amides is 1. The molecule has 8 heteroatoms. The Morgan fingerprint density at radius 2 is 1.84 bits per heavy atom. The summed E-state index contributed by atoms with van der Waals surface area (Å²) in [6.45, 7) is 13.6. The summed E-state index contributed by atoms with van der Waals surface area (Å²) in [6.07, 6.45) is 2.29. The van der Waals surface area contributed by atoms with Crippen LogP contribution in [0.1, 0.15) is 40.5 Å². The molecule has 1 aliphatic carbocycles. The lowest BCUT2D eigenvalue weighted by Gasteiger charge is -2.35. The summed E-state index contributed by atoms with van der Waals surface area (Å²) in [5.74, 6) is 0.924. The molecule has 0 unspecified atom stereocenters. The van der Waals surface area contributed by atoms with Gasteiger partial charge in [0.15, 0.2) is 5.96 Å². The topological polar surface area (TPSA) is 69.2 Å². The highest BCUT2D eigenvalue weighted by Gasteiger charge is 2.25. The van der Waals surface area contributed by atoms with E-state index in [0.717, 1.165) is 51.8 Å². The average Bonchev–Trinajstić information content (AvgIpc) is 3.30. The van der Waals surface area contributed by atoms with Crippen LogP contribution in [0, 0.1) is 0 Å². The largest absolute Gasteiger partial charge is 0.444 e. The summed E-state index contributed by atoms with van der Waals surface area (Å²) in [7, 11) is 0. The molecule has 0 atom stereocenters. The number of nitrogens with zero attached hydrogens (tertiary/aromatic N) is 3. The first-order valence-electron chi connectivity index (χ1n) is 9.12. The predicted molar refractivity (Wildman–Crippen MR) is 112 cm³/mol. The number of carbonyl (C=O) groups excluding carboxylic acids is 1. The summed E-state index contributed by atoms with van der Waals surface area (Å²) in [6, 6.07) is 0.611. The highest BCUT2D eigenvalue weighted by atomic mass is 127. The van der Waals surface area contributed by atoms with Crippen LogP contribution in [-0.2, 0) is 4.74 Å². The number of piperazine rings is 1. The molecule has 0 aromatic rings. The van der Waals surface area contributed by atoms with Gasteiger partial charge in [0.1, 0.15) is 5.60 Å². The molecule has 1 amide bonds. The molecule has 0 aromatic carbocycles. The Bertz CT molecular complexity index is 441. The van der Waals surface area contributed by atoms with Crippen molar-refractivity contribution in [3.8, 4) is 0 Å². The smallest absolute Gasteiger partial charge is 0.410 e. The molecular weight excluding hydrogens is 433 g/mol. The van der Waals surface area contributed by atoms with Gasteiger partial charge in [0, 0.05) is 45.3 Å². The minimum absolute atomic E-state index is 0. The van der Waals surface area contributed by atoms with Crippen molar-refractivity contribution >= 4 is 36.0 Å². The van der Waals surface area contributed by atoms with Gasteiger partial charge in [-0.3, -0.25) is 9.89 Å². The van der Waals surface area contributed by atoms with Crippen molar-refractivity contribution in [2.45, 2.75) is 52.2 Å². The van der Waals surface area contributed by atoms with Crippen molar-refractivity contribution in [3.05, 3.63) is 0 Å². The maximum absolute atomic E-state index is 12.1. The quantitative estimate of drug-likeness (QED) is 0.367. The summed E-state index contributed by atoms with van der Waals surface area (Å²) >= 11 is 0. The van der Waals surface area contributed by atoms with Crippen molar-refractivity contribution < 1.29 is 9.53 Å². The minimum Gasteiger partial charge on any atom is -0.444 e. The summed E-state index contributed by atoms with van der Waals surface area (Å²) in [5, 5.41) is 6.71. The fourth-order valence-electron chi connectivity index (χ4n) is 2.52. The molecule has 1 saturated heterocycles. The third-order valence-electron chi connectivity index (χ3n) is 3.97. The van der Waals surface area contributed by atoms with Gasteiger partial charge in [-0.1, -0.05) is 0 Å². The Labute approximate surface area is 169 Å². The molecule has 0 radical (unpaired) electrons. The van der Waals surface area contributed by atoms with Crippen LogP contribution < -0.4 is 10.6 Å². The fraction of sp³-hybridized carbons (Fsp3) is 0.882. The molecule has 2 N–H and O–H groups in total. The van der Waals surface area contributed by atoms with E-state index in [4.69, 9.17) is 4.74 Å². The number of hydrogen-bond acceptors (Lipinski definition) is 4. The standard InChI is InChI=1S/C17H33N5O2.HI/c1-5-18-15(20-14-6-7-14)19-8-9-21-10-12-22(13-11-21)16(23)24-17(2,3)4;/h14H,5-13H2,1-4H3,(H2,18,19,20);1H. The van der Waals surface area contributed by atoms with Crippen molar-refractivity contribution in [3.63, 3.8) is 0 Å². The van der Waals surface area contributed by atoms with Gasteiger partial charge in [-0.05, 0) is 40.5 Å². The molecule has 1 saturated carbocycles. The van der Waals surface area contributed by atoms with Crippen LogP contribution in [0.4, 0.5) is 4.79 Å². The summed E-state index contributed by atoms with van der Waals surface area (Å²) < 4.78 is 5.42. The molecule has 25 heavy (non-hydrogen) atoms. The molecule has 146 valence electrons. The number of nitrogens with one attached hydrogen (secondary N) is 2. The third kappa shape index (κ3) is 8.94. The second kappa shape index (κ2) is 10.4. The first-order chi connectivity index (χ1) is 11.4. The Hall–Kier alpha value is -0.770. The lowest BCUT2D eigenvalue weighted by Crippen LogP contribution is -2.50. The lowest BCUT2D eigenvalue weighted by atomic mass is 10.2. The second-order valence-electron chi connectivity index (χ2n) is 7.49. The van der Waals surface area contributed by atoms with Crippen LogP contribution in [0.15, 0.2) is 4.99 Å². The third-order valence-corrected chi connectivity index (χ3v) is 3.97. The van der Waals surface area contributed by atoms with Crippen LogP contribution in [-0.4, -0.2) is 79.3 Å². The molecule has 7 nitrogen and oxygen atoms in total. The number of carbonyl (C=O) groups is 1. The maximum atomic E-state index is 12.1. The number of aliphatic imine (C=N–C) groups is 1. The van der Waals surface area contributed by atoms with E-state index < -0.39 is 5.60 Å². The van der Waals surface area contributed by atoms with Crippen molar-refractivity contribution in [1.82, 2.24) is 20.4 Å². The molecular formula is C17H34IN5O2. The van der Waals surface area contributed by atoms with Crippen molar-refractivity contribution in [2.24, 2.45) is 4.99 Å². The number of halogens is 1. The van der Waals surface area contributed by atoms with Crippen LogP contribution in [0.25, 0.3) is 0 Å². The first kappa shape index (κ1) is 22.3. The zero-order valence-corrected chi connectivity index (χ0v) is 18.3. The van der Waals surface area contributed by atoms with E-state index in [1.165, 1.54) is 12.8 Å². The molecule has 2 aliphatic rings. The predicted octanol–water partition coefficient (Wildman–Crippen LogP) is 1.87. The molecule has 0 aromatic heterocycles. The van der Waals surface area contributed by atoms with Gasteiger partial charge in [0.05, 0.1) is 6.54 Å². The molecule has 1 heterocycles. The Morgan fingerprint density at radius 3 is 2.36 bits per heavy atom. The van der Waals surface area contributed by atoms with Crippen molar-refractivity contribution in [1.29, 1.82) is 0 Å². The van der Waals surface area contributed by atoms with E-state index in [0.29, 0.717) is 6.04 Å². The van der Waals surface area contributed by atoms with Crippen LogP contribution in [0.3, 0.4) is 0 Å². The van der Waals surface area contributed by atoms with Gasteiger partial charge in [-0.25, -0.2) is 4.79 Å². The van der Waals surface area contributed by atoms with Crippen LogP contribution in [0.2, 0.25) is 0 Å². The fourth-order valence-corrected chi connectivity index (χ4v) is 2.52. The Kier molecular flexibility index (Phi) is 9.26. The van der Waals surface area contributed by atoms with E-state index in [9.17, 15) is 4.79 Å². The minimum atomic E-state index is -0.430. The van der Waals surface area contributed by atoms with Gasteiger partial charge in [-0.2, -0.15) is 0 Å². The normalized spacial score (nSPS) is 19.2. The van der Waals surface area contributed by atoms with E-state index >= 15 is 0 Å². The van der Waals surface area contributed by atoms with E-state index in [-0.39, 0.29) is 30.1 Å². The summed E-state index contributed by atoms with van der Waals surface area (Å²) in [4.78, 5) is 20.8. The Balaban J connectivity index is 0.00000312. The zero-order chi connectivity index (χ0) is 17.6. The SMILES string of the molecule is CCNC(=NCCN1CCN(C(=O)OC(C)(C)C)CC1)NC1CC1.I. The number of rotatable bonds is 5. The first-order valence-corrected chi connectivity index (χ1v) is 9.12. The zero-order valence-electron chi connectivity index (χ0n) is 16.0. The number of hydrogen-bond donors (Lipinski definition) is 2. The van der Waals surface area contributed by atoms with E-state index in [1.807, 2.05) is 20.8 Å². The maximum Gasteiger partial charge on any atom is 0.410 e. The van der Waals surface area contributed by atoms with Gasteiger partial charge in [-0.15, -0.1) is 24.0 Å². The van der Waals surface area contributed by atoms with Gasteiger partial charge in [0.2, 0.25) is 0 Å². The van der Waals surface area contributed by atoms with Gasteiger partial charge >= 0.3 is 6.09 Å². The highest BCUT2D eigenvalue weighted by molar-refractivity contribution is 14.0. The molecule has 0 bridgehead atoms. The van der Waals surface area contributed by atoms with Gasteiger partial charge < -0.3 is 20.3 Å². The van der Waals surface area contributed by atoms with Crippen molar-refractivity contribution in [2.75, 3.05) is 45.8 Å². The molecule has 0 spiro atoms. The number of ether oxygens (including phenoxy) is 1. The molecule has 2 fully saturated rings. The average molecular weight is 467 g/mol. The molecule has 2 rings (SSSR count). The molecule has 1 aliphatic heterocycles. The van der Waals surface area contributed by atoms with Crippen LogP contribution in [0.5, 0.6) is 0 Å².